The number of rotatable bonds is 6. The van der Waals surface area contributed by atoms with Crippen LogP contribution in [0.3, 0.4) is 0 Å². The summed E-state index contributed by atoms with van der Waals surface area (Å²) < 4.78 is 26.5. The second-order valence-corrected chi connectivity index (χ2v) is 8.74. The van der Waals surface area contributed by atoms with Crippen molar-refractivity contribution in [3.63, 3.8) is 0 Å². The number of halogens is 2. The normalized spacial score (nSPS) is 11.5. The quantitative estimate of drug-likeness (QED) is 0.787. The first kappa shape index (κ1) is 20.5. The van der Waals surface area contributed by atoms with Gasteiger partial charge in [0.2, 0.25) is 0 Å². The molecule has 0 aromatic heterocycles. The number of carbonyl (C=O) groups excluding carboxylic acids is 1. The first-order valence-electron chi connectivity index (χ1n) is 7.61. The van der Waals surface area contributed by atoms with Crippen LogP contribution in [0.15, 0.2) is 42.5 Å². The van der Waals surface area contributed by atoms with Crippen LogP contribution >= 0.6 is 23.2 Å². The predicted octanol–water partition coefficient (Wildman–Crippen LogP) is 3.17. The molecule has 0 radical (unpaired) electrons. The zero-order valence-corrected chi connectivity index (χ0v) is 16.9. The van der Waals surface area contributed by atoms with E-state index in [-0.39, 0.29) is 12.5 Å². The molecule has 0 aliphatic rings. The summed E-state index contributed by atoms with van der Waals surface area (Å²) >= 11 is 11.9. The molecule has 1 amide bonds. The first-order valence-corrected chi connectivity index (χ1v) is 9.77. The fourth-order valence-electron chi connectivity index (χ4n) is 2.14. The Kier molecular flexibility index (Phi) is 6.52. The van der Waals surface area contributed by atoms with Gasteiger partial charge in [0.25, 0.3) is 5.91 Å². The van der Waals surface area contributed by atoms with Crippen molar-refractivity contribution in [2.45, 2.75) is 6.54 Å². The van der Waals surface area contributed by atoms with E-state index in [1.54, 1.807) is 42.5 Å². The van der Waals surface area contributed by atoms with E-state index in [9.17, 15) is 13.2 Å². The standard InChI is InChI=1S/C17H19Cl2N3O3S/c1-21(2)26(24,25)22(3)15-8-5-12(6-9-15)17(23)20-11-13-4-7-14(18)10-16(13)19/h4-10H,11H2,1-3H3,(H,20,23). The summed E-state index contributed by atoms with van der Waals surface area (Å²) in [6, 6.07) is 11.3. The van der Waals surface area contributed by atoms with Crippen molar-refractivity contribution in [1.29, 1.82) is 0 Å². The molecule has 140 valence electrons. The van der Waals surface area contributed by atoms with Crippen LogP contribution in [-0.4, -0.2) is 39.8 Å². The number of hydrogen-bond acceptors (Lipinski definition) is 3. The van der Waals surface area contributed by atoms with Crippen LogP contribution in [0.1, 0.15) is 15.9 Å². The molecule has 0 saturated carbocycles. The van der Waals surface area contributed by atoms with Crippen LogP contribution in [0, 0.1) is 0 Å². The smallest absolute Gasteiger partial charge is 0.303 e. The van der Waals surface area contributed by atoms with Gasteiger partial charge in [0.05, 0.1) is 5.69 Å². The van der Waals surface area contributed by atoms with Crippen molar-refractivity contribution in [1.82, 2.24) is 9.62 Å². The molecule has 0 unspecified atom stereocenters. The minimum absolute atomic E-state index is 0.255. The zero-order chi connectivity index (χ0) is 19.5. The van der Waals surface area contributed by atoms with E-state index < -0.39 is 10.2 Å². The molecule has 0 bridgehead atoms. The van der Waals surface area contributed by atoms with Crippen molar-refractivity contribution in [2.24, 2.45) is 0 Å². The molecule has 0 heterocycles. The van der Waals surface area contributed by atoms with Crippen molar-refractivity contribution in [3.05, 3.63) is 63.6 Å². The van der Waals surface area contributed by atoms with Gasteiger partial charge >= 0.3 is 10.2 Å². The fourth-order valence-corrected chi connectivity index (χ4v) is 3.50. The van der Waals surface area contributed by atoms with Gasteiger partial charge in [0.1, 0.15) is 0 Å². The molecule has 2 aromatic rings. The maximum Gasteiger partial charge on any atom is 0.303 e. The molecule has 0 atom stereocenters. The zero-order valence-electron chi connectivity index (χ0n) is 14.5. The molecule has 0 aliphatic heterocycles. The molecule has 9 heteroatoms. The average molecular weight is 416 g/mol. The third-order valence-corrected chi connectivity index (χ3v) is 6.17. The summed E-state index contributed by atoms with van der Waals surface area (Å²) in [5.41, 5.74) is 1.61. The van der Waals surface area contributed by atoms with Gasteiger partial charge in [0.15, 0.2) is 0 Å². The second-order valence-electron chi connectivity index (χ2n) is 5.72. The number of nitrogens with one attached hydrogen (secondary N) is 1. The van der Waals surface area contributed by atoms with Crippen LogP contribution in [0.4, 0.5) is 5.69 Å². The summed E-state index contributed by atoms with van der Waals surface area (Å²) in [4.78, 5) is 12.3. The molecule has 0 aliphatic carbocycles. The van der Waals surface area contributed by atoms with E-state index >= 15 is 0 Å². The molecule has 6 nitrogen and oxygen atoms in total. The van der Waals surface area contributed by atoms with E-state index in [0.29, 0.717) is 21.3 Å². The van der Waals surface area contributed by atoms with Gasteiger partial charge in [-0.05, 0) is 42.0 Å². The van der Waals surface area contributed by atoms with E-state index in [4.69, 9.17) is 23.2 Å². The molecule has 0 saturated heterocycles. The highest BCUT2D eigenvalue weighted by Gasteiger charge is 2.21. The Balaban J connectivity index is 2.07. The van der Waals surface area contributed by atoms with Gasteiger partial charge in [-0.3, -0.25) is 9.10 Å². The minimum Gasteiger partial charge on any atom is -0.348 e. The minimum atomic E-state index is -3.58. The second kappa shape index (κ2) is 8.26. The van der Waals surface area contributed by atoms with Crippen molar-refractivity contribution in [2.75, 3.05) is 25.4 Å². The maximum atomic E-state index is 12.3. The average Bonchev–Trinajstić information content (AvgIpc) is 2.60. The van der Waals surface area contributed by atoms with Crippen LogP contribution in [0.5, 0.6) is 0 Å². The molecule has 0 spiro atoms. The largest absolute Gasteiger partial charge is 0.348 e. The highest BCUT2D eigenvalue weighted by atomic mass is 35.5. The lowest BCUT2D eigenvalue weighted by Gasteiger charge is -2.23. The monoisotopic (exact) mass is 415 g/mol. The number of anilines is 1. The Bertz CT molecular complexity index is 900. The Labute approximate surface area is 163 Å². The molecule has 2 rings (SSSR count). The molecular formula is C17H19Cl2N3O3S. The van der Waals surface area contributed by atoms with E-state index in [2.05, 4.69) is 5.32 Å². The predicted molar refractivity (Wildman–Crippen MR) is 105 cm³/mol. The SMILES string of the molecule is CN(C)S(=O)(=O)N(C)c1ccc(C(=O)NCc2ccc(Cl)cc2Cl)cc1. The summed E-state index contributed by atoms with van der Waals surface area (Å²) in [5, 5.41) is 3.77. The Hall–Kier alpha value is -1.80. The summed E-state index contributed by atoms with van der Waals surface area (Å²) in [6.07, 6.45) is 0. The van der Waals surface area contributed by atoms with Gasteiger partial charge in [-0.15, -0.1) is 0 Å². The van der Waals surface area contributed by atoms with Gasteiger partial charge in [0, 0.05) is 43.3 Å². The highest BCUT2D eigenvalue weighted by molar-refractivity contribution is 7.90. The third kappa shape index (κ3) is 4.67. The van der Waals surface area contributed by atoms with E-state index in [1.165, 1.54) is 21.1 Å². The molecule has 1 N–H and O–H groups in total. The maximum absolute atomic E-state index is 12.3. The van der Waals surface area contributed by atoms with Crippen molar-refractivity contribution >= 4 is 45.0 Å². The third-order valence-electron chi connectivity index (χ3n) is 3.76. The van der Waals surface area contributed by atoms with Gasteiger partial charge in [-0.2, -0.15) is 12.7 Å². The number of benzene rings is 2. The van der Waals surface area contributed by atoms with Crippen LogP contribution in [0.2, 0.25) is 10.0 Å². The van der Waals surface area contributed by atoms with Crippen LogP contribution in [-0.2, 0) is 16.8 Å². The van der Waals surface area contributed by atoms with Crippen molar-refractivity contribution in [3.8, 4) is 0 Å². The number of amides is 1. The number of nitrogens with zero attached hydrogens (tertiary/aromatic N) is 2. The fraction of sp³-hybridized carbons (Fsp3) is 0.235. The van der Waals surface area contributed by atoms with E-state index in [0.717, 1.165) is 14.2 Å². The molecular weight excluding hydrogens is 397 g/mol. The summed E-state index contributed by atoms with van der Waals surface area (Å²) in [5.74, 6) is -0.291. The molecule has 0 fully saturated rings. The van der Waals surface area contributed by atoms with Gasteiger partial charge in [-0.1, -0.05) is 29.3 Å². The topological polar surface area (TPSA) is 69.7 Å². The molecule has 26 heavy (non-hydrogen) atoms. The first-order chi connectivity index (χ1) is 12.1. The Morgan fingerprint density at radius 1 is 1.04 bits per heavy atom. The lowest BCUT2D eigenvalue weighted by atomic mass is 10.1. The van der Waals surface area contributed by atoms with Crippen molar-refractivity contribution < 1.29 is 13.2 Å². The summed E-state index contributed by atoms with van der Waals surface area (Å²) in [6.45, 7) is 0.255. The molecule has 2 aromatic carbocycles. The Morgan fingerprint density at radius 3 is 2.19 bits per heavy atom. The Morgan fingerprint density at radius 2 is 1.65 bits per heavy atom. The lowest BCUT2D eigenvalue weighted by molar-refractivity contribution is 0.0951. The lowest BCUT2D eigenvalue weighted by Crippen LogP contribution is -2.37. The van der Waals surface area contributed by atoms with Gasteiger partial charge in [-0.25, -0.2) is 0 Å². The number of hydrogen-bond donors (Lipinski definition) is 1. The highest BCUT2D eigenvalue weighted by Crippen LogP contribution is 2.21. The van der Waals surface area contributed by atoms with E-state index in [1.807, 2.05) is 0 Å². The summed E-state index contributed by atoms with van der Waals surface area (Å²) in [7, 11) is 0.782. The van der Waals surface area contributed by atoms with Crippen LogP contribution in [0.25, 0.3) is 0 Å². The van der Waals surface area contributed by atoms with Gasteiger partial charge < -0.3 is 5.32 Å². The van der Waals surface area contributed by atoms with Crippen LogP contribution < -0.4 is 9.62 Å². The number of carbonyl (C=O) groups is 1.